The summed E-state index contributed by atoms with van der Waals surface area (Å²) in [5, 5.41) is 10.4. The van der Waals surface area contributed by atoms with Gasteiger partial charge in [-0.05, 0) is 38.8 Å². The molecule has 148 valence electrons. The zero-order valence-corrected chi connectivity index (χ0v) is 18.3. The number of likely N-dealkylation sites (tertiary alicyclic amines) is 1. The maximum absolute atomic E-state index is 5.92. The lowest BCUT2D eigenvalue weighted by atomic mass is 9.96. The first-order valence-corrected chi connectivity index (χ1v) is 9.36. The summed E-state index contributed by atoms with van der Waals surface area (Å²) in [6.07, 6.45) is 3.71. The van der Waals surface area contributed by atoms with Gasteiger partial charge in [-0.1, -0.05) is 18.2 Å². The summed E-state index contributed by atoms with van der Waals surface area (Å²) < 4.78 is 5.92. The van der Waals surface area contributed by atoms with Crippen molar-refractivity contribution >= 4 is 29.9 Å². The van der Waals surface area contributed by atoms with Gasteiger partial charge in [0.05, 0.1) is 6.54 Å². The molecule has 1 aliphatic heterocycles. The van der Waals surface area contributed by atoms with Crippen LogP contribution < -0.4 is 10.1 Å². The number of aromatic nitrogens is 3. The molecule has 1 saturated heterocycles. The van der Waals surface area contributed by atoms with E-state index >= 15 is 0 Å². The summed E-state index contributed by atoms with van der Waals surface area (Å²) >= 11 is 0. The van der Waals surface area contributed by atoms with E-state index in [-0.39, 0.29) is 30.1 Å². The van der Waals surface area contributed by atoms with E-state index in [2.05, 4.69) is 39.2 Å². The van der Waals surface area contributed by atoms with Gasteiger partial charge in [0.1, 0.15) is 24.0 Å². The first-order chi connectivity index (χ1) is 12.8. The van der Waals surface area contributed by atoms with Crippen LogP contribution in [-0.2, 0) is 0 Å². The largest absolute Gasteiger partial charge is 0.489 e. The predicted octanol–water partition coefficient (Wildman–Crippen LogP) is 3.04. The Morgan fingerprint density at radius 3 is 2.70 bits per heavy atom. The summed E-state index contributed by atoms with van der Waals surface area (Å²) in [6, 6.07) is 9.89. The Balaban J connectivity index is 0.00000261. The highest BCUT2D eigenvalue weighted by Gasteiger charge is 2.24. The number of aromatic amines is 1. The topological polar surface area (TPSA) is 78.4 Å². The Morgan fingerprint density at radius 1 is 1.33 bits per heavy atom. The average Bonchev–Trinajstić information content (AvgIpc) is 3.21. The number of hydrogen-bond acceptors (Lipinski definition) is 4. The average molecular weight is 484 g/mol. The summed E-state index contributed by atoms with van der Waals surface area (Å²) in [5.74, 6) is 3.30. The van der Waals surface area contributed by atoms with Gasteiger partial charge in [0.25, 0.3) is 0 Å². The standard InChI is InChI=1S/C19H28N6O.HI/c1-3-20-19(21-13-15(2)26-17-7-5-4-6-8-17)25-11-9-16(10-12-25)18-22-14-23-24-18;/h4-8,14-16H,3,9-13H2,1-2H3,(H,20,21)(H,22,23,24);1H. The van der Waals surface area contributed by atoms with Gasteiger partial charge in [0.15, 0.2) is 5.96 Å². The molecule has 1 aromatic heterocycles. The molecule has 0 bridgehead atoms. The number of ether oxygens (including phenoxy) is 1. The first kappa shape index (κ1) is 21.5. The van der Waals surface area contributed by atoms with E-state index in [0.717, 1.165) is 50.0 Å². The van der Waals surface area contributed by atoms with E-state index in [9.17, 15) is 0 Å². The van der Waals surface area contributed by atoms with Crippen LogP contribution in [0.4, 0.5) is 0 Å². The zero-order chi connectivity index (χ0) is 18.2. The highest BCUT2D eigenvalue weighted by molar-refractivity contribution is 14.0. The smallest absolute Gasteiger partial charge is 0.194 e. The number of aliphatic imine (C=N–C) groups is 1. The Kier molecular flexibility index (Phi) is 8.83. The lowest BCUT2D eigenvalue weighted by Gasteiger charge is -2.33. The molecule has 1 fully saturated rings. The van der Waals surface area contributed by atoms with Gasteiger partial charge in [-0.2, -0.15) is 5.10 Å². The number of halogens is 1. The second-order valence-electron chi connectivity index (χ2n) is 6.57. The number of benzene rings is 1. The molecule has 0 spiro atoms. The molecule has 1 aliphatic rings. The van der Waals surface area contributed by atoms with E-state index in [1.807, 2.05) is 30.3 Å². The van der Waals surface area contributed by atoms with Gasteiger partial charge in [-0.3, -0.25) is 5.10 Å². The number of piperidine rings is 1. The van der Waals surface area contributed by atoms with E-state index in [4.69, 9.17) is 9.73 Å². The normalized spacial score (nSPS) is 16.5. The van der Waals surface area contributed by atoms with Crippen molar-refractivity contribution in [3.05, 3.63) is 42.5 Å². The highest BCUT2D eigenvalue weighted by Crippen LogP contribution is 2.24. The Morgan fingerprint density at radius 2 is 2.07 bits per heavy atom. The van der Waals surface area contributed by atoms with Crippen molar-refractivity contribution in [3.63, 3.8) is 0 Å². The van der Waals surface area contributed by atoms with E-state index < -0.39 is 0 Å². The highest BCUT2D eigenvalue weighted by atomic mass is 127. The third-order valence-corrected chi connectivity index (χ3v) is 4.53. The van der Waals surface area contributed by atoms with Crippen molar-refractivity contribution in [2.24, 2.45) is 4.99 Å². The van der Waals surface area contributed by atoms with Crippen molar-refractivity contribution in [1.29, 1.82) is 0 Å². The molecule has 2 N–H and O–H groups in total. The fourth-order valence-corrected chi connectivity index (χ4v) is 3.19. The number of para-hydroxylation sites is 1. The molecular formula is C19H29IN6O. The molecule has 1 aromatic carbocycles. The quantitative estimate of drug-likeness (QED) is 0.375. The molecule has 1 atom stereocenters. The van der Waals surface area contributed by atoms with Crippen molar-refractivity contribution in [2.45, 2.75) is 38.7 Å². The minimum Gasteiger partial charge on any atom is -0.489 e. The van der Waals surface area contributed by atoms with Gasteiger partial charge in [-0.25, -0.2) is 9.98 Å². The van der Waals surface area contributed by atoms with E-state index in [1.54, 1.807) is 6.33 Å². The number of guanidine groups is 1. The molecule has 2 heterocycles. The summed E-state index contributed by atoms with van der Waals surface area (Å²) in [6.45, 7) is 7.56. The lowest BCUT2D eigenvalue weighted by Crippen LogP contribution is -2.45. The van der Waals surface area contributed by atoms with Crippen LogP contribution in [0.3, 0.4) is 0 Å². The summed E-state index contributed by atoms with van der Waals surface area (Å²) in [7, 11) is 0. The van der Waals surface area contributed by atoms with Crippen LogP contribution in [0.15, 0.2) is 41.7 Å². The molecule has 0 saturated carbocycles. The Bertz CT molecular complexity index is 671. The molecule has 3 rings (SSSR count). The third kappa shape index (κ3) is 6.37. The molecule has 0 aliphatic carbocycles. The molecule has 7 nitrogen and oxygen atoms in total. The van der Waals surface area contributed by atoms with Crippen molar-refractivity contribution in [3.8, 4) is 5.75 Å². The zero-order valence-electron chi connectivity index (χ0n) is 16.0. The number of hydrogen-bond donors (Lipinski definition) is 2. The fourth-order valence-electron chi connectivity index (χ4n) is 3.19. The minimum atomic E-state index is 0. The van der Waals surface area contributed by atoms with Crippen LogP contribution in [0.25, 0.3) is 0 Å². The lowest BCUT2D eigenvalue weighted by molar-refractivity contribution is 0.228. The minimum absolute atomic E-state index is 0. The molecule has 1 unspecified atom stereocenters. The second-order valence-corrected chi connectivity index (χ2v) is 6.57. The SMILES string of the molecule is CCNC(=NCC(C)Oc1ccccc1)N1CCC(c2ncn[nH]2)CC1.I. The van der Waals surface area contributed by atoms with Crippen LogP contribution in [0.2, 0.25) is 0 Å². The van der Waals surface area contributed by atoms with Crippen molar-refractivity contribution in [1.82, 2.24) is 25.4 Å². The van der Waals surface area contributed by atoms with Gasteiger partial charge in [0.2, 0.25) is 0 Å². The monoisotopic (exact) mass is 484 g/mol. The van der Waals surface area contributed by atoms with Crippen LogP contribution in [0.5, 0.6) is 5.75 Å². The maximum Gasteiger partial charge on any atom is 0.194 e. The van der Waals surface area contributed by atoms with Crippen molar-refractivity contribution < 1.29 is 4.74 Å². The summed E-state index contributed by atoms with van der Waals surface area (Å²) in [4.78, 5) is 11.4. The fraction of sp³-hybridized carbons (Fsp3) is 0.526. The predicted molar refractivity (Wildman–Crippen MR) is 118 cm³/mol. The molecule has 0 amide bonds. The Labute approximate surface area is 178 Å². The van der Waals surface area contributed by atoms with Crippen LogP contribution in [0.1, 0.15) is 38.4 Å². The number of rotatable bonds is 6. The van der Waals surface area contributed by atoms with Crippen molar-refractivity contribution in [2.75, 3.05) is 26.2 Å². The van der Waals surface area contributed by atoms with Gasteiger partial charge in [0, 0.05) is 25.6 Å². The molecule has 0 radical (unpaired) electrons. The molecular weight excluding hydrogens is 455 g/mol. The Hall–Kier alpha value is -1.84. The van der Waals surface area contributed by atoms with Gasteiger partial charge >= 0.3 is 0 Å². The van der Waals surface area contributed by atoms with Crippen LogP contribution in [0, 0.1) is 0 Å². The second kappa shape index (κ2) is 11.1. The summed E-state index contributed by atoms with van der Waals surface area (Å²) in [5.41, 5.74) is 0. The van der Waals surface area contributed by atoms with Crippen LogP contribution in [-0.4, -0.2) is 58.3 Å². The van der Waals surface area contributed by atoms with E-state index in [0.29, 0.717) is 12.5 Å². The van der Waals surface area contributed by atoms with Gasteiger partial charge < -0.3 is 15.0 Å². The molecule has 2 aromatic rings. The first-order valence-electron chi connectivity index (χ1n) is 9.36. The molecule has 8 heteroatoms. The van der Waals surface area contributed by atoms with E-state index in [1.165, 1.54) is 0 Å². The van der Waals surface area contributed by atoms with Crippen LogP contribution >= 0.6 is 24.0 Å². The maximum atomic E-state index is 5.92. The number of H-pyrrole nitrogens is 1. The van der Waals surface area contributed by atoms with Gasteiger partial charge in [-0.15, -0.1) is 24.0 Å². The number of nitrogens with zero attached hydrogens (tertiary/aromatic N) is 4. The third-order valence-electron chi connectivity index (χ3n) is 4.53. The number of nitrogens with one attached hydrogen (secondary N) is 2. The molecule has 27 heavy (non-hydrogen) atoms.